The Bertz CT molecular complexity index is 736. The van der Waals surface area contributed by atoms with Crippen molar-refractivity contribution in [2.45, 2.75) is 59.0 Å². The Balaban J connectivity index is 1.72. The summed E-state index contributed by atoms with van der Waals surface area (Å²) in [7, 11) is 0. The lowest BCUT2D eigenvalue weighted by atomic mass is 9.99. The molecule has 5 heteroatoms. The molecule has 1 fully saturated rings. The first kappa shape index (κ1) is 18.6. The van der Waals surface area contributed by atoms with Crippen LogP contribution in [-0.2, 0) is 16.1 Å². The molecule has 0 N–H and O–H groups in total. The number of nitrogens with zero attached hydrogens (tertiary/aromatic N) is 2. The Kier molecular flexibility index (Phi) is 6.09. The number of rotatable bonds is 6. The molecule has 1 saturated heterocycles. The largest absolute Gasteiger partial charge is 0.466 e. The monoisotopic (exact) mass is 356 g/mol. The Hall–Kier alpha value is -2.14. The number of likely N-dealkylation sites (tertiary alicyclic amines) is 1. The van der Waals surface area contributed by atoms with Crippen LogP contribution in [0.15, 0.2) is 28.7 Å². The second-order valence-corrected chi connectivity index (χ2v) is 7.02. The lowest BCUT2D eigenvalue weighted by molar-refractivity contribution is -0.145. The van der Waals surface area contributed by atoms with E-state index in [-0.39, 0.29) is 12.0 Å². The van der Waals surface area contributed by atoms with Crippen LogP contribution in [0.2, 0.25) is 0 Å². The molecular formula is C21H28N2O3. The van der Waals surface area contributed by atoms with Crippen LogP contribution in [0.25, 0.3) is 11.5 Å². The number of ether oxygens (including phenoxy) is 1. The van der Waals surface area contributed by atoms with Gasteiger partial charge in [-0.2, -0.15) is 0 Å². The number of benzene rings is 1. The van der Waals surface area contributed by atoms with Crippen molar-refractivity contribution in [2.24, 2.45) is 0 Å². The zero-order valence-corrected chi connectivity index (χ0v) is 16.0. The zero-order valence-electron chi connectivity index (χ0n) is 16.0. The zero-order chi connectivity index (χ0) is 18.5. The van der Waals surface area contributed by atoms with Gasteiger partial charge in [-0.05, 0) is 52.3 Å². The summed E-state index contributed by atoms with van der Waals surface area (Å²) in [6, 6.07) is 8.42. The maximum absolute atomic E-state index is 11.9. The van der Waals surface area contributed by atoms with Crippen LogP contribution in [-0.4, -0.2) is 35.0 Å². The van der Waals surface area contributed by atoms with Gasteiger partial charge in [-0.25, -0.2) is 4.98 Å². The number of aromatic nitrogens is 1. The average molecular weight is 356 g/mol. The van der Waals surface area contributed by atoms with Gasteiger partial charge in [0, 0.05) is 18.2 Å². The van der Waals surface area contributed by atoms with Crippen LogP contribution in [0, 0.1) is 13.8 Å². The first-order valence-electron chi connectivity index (χ1n) is 9.50. The molecule has 2 heterocycles. The predicted octanol–water partition coefficient (Wildman–Crippen LogP) is 4.27. The summed E-state index contributed by atoms with van der Waals surface area (Å²) in [6.07, 6.45) is 3.80. The third-order valence-electron chi connectivity index (χ3n) is 5.00. The van der Waals surface area contributed by atoms with Crippen molar-refractivity contribution in [1.29, 1.82) is 0 Å². The van der Waals surface area contributed by atoms with Gasteiger partial charge in [0.1, 0.15) is 5.76 Å². The minimum Gasteiger partial charge on any atom is -0.466 e. The quantitative estimate of drug-likeness (QED) is 0.724. The summed E-state index contributed by atoms with van der Waals surface area (Å²) in [6.45, 7) is 8.01. The molecule has 0 spiro atoms. The summed E-state index contributed by atoms with van der Waals surface area (Å²) in [5.74, 6) is 1.40. The molecular weight excluding hydrogens is 328 g/mol. The summed E-state index contributed by atoms with van der Waals surface area (Å²) in [4.78, 5) is 19.0. The van der Waals surface area contributed by atoms with Gasteiger partial charge >= 0.3 is 5.97 Å². The molecule has 3 rings (SSSR count). The van der Waals surface area contributed by atoms with Gasteiger partial charge in [0.15, 0.2) is 0 Å². The van der Waals surface area contributed by atoms with E-state index >= 15 is 0 Å². The van der Waals surface area contributed by atoms with Crippen molar-refractivity contribution in [3.05, 3.63) is 41.3 Å². The van der Waals surface area contributed by atoms with E-state index in [9.17, 15) is 4.79 Å². The third kappa shape index (κ3) is 4.52. The van der Waals surface area contributed by atoms with Crippen molar-refractivity contribution >= 4 is 5.97 Å². The number of carbonyl (C=O) groups is 1. The molecule has 26 heavy (non-hydrogen) atoms. The van der Waals surface area contributed by atoms with Gasteiger partial charge in [0.05, 0.1) is 18.7 Å². The second kappa shape index (κ2) is 8.49. The molecule has 1 atom stereocenters. The normalized spacial score (nSPS) is 18.0. The number of hydrogen-bond donors (Lipinski definition) is 0. The SMILES string of the molecule is CCOC(=O)C[C@@H]1CCCCN1Cc1nc(-c2ccc(C)cc2)oc1C. The molecule has 0 amide bonds. The molecule has 1 aromatic carbocycles. The molecule has 1 aliphatic rings. The lowest BCUT2D eigenvalue weighted by Gasteiger charge is -2.34. The highest BCUT2D eigenvalue weighted by molar-refractivity contribution is 5.70. The number of esters is 1. The summed E-state index contributed by atoms with van der Waals surface area (Å²) in [5.41, 5.74) is 3.16. The minimum atomic E-state index is -0.110. The number of carbonyl (C=O) groups excluding carboxylic acids is 1. The average Bonchev–Trinajstić information content (AvgIpc) is 2.98. The van der Waals surface area contributed by atoms with Gasteiger partial charge < -0.3 is 9.15 Å². The molecule has 0 bridgehead atoms. The van der Waals surface area contributed by atoms with E-state index in [1.165, 1.54) is 5.56 Å². The fourth-order valence-corrected chi connectivity index (χ4v) is 3.50. The van der Waals surface area contributed by atoms with Crippen molar-refractivity contribution < 1.29 is 13.9 Å². The van der Waals surface area contributed by atoms with E-state index in [1.807, 2.05) is 26.0 Å². The van der Waals surface area contributed by atoms with Crippen molar-refractivity contribution in [3.8, 4) is 11.5 Å². The second-order valence-electron chi connectivity index (χ2n) is 7.02. The third-order valence-corrected chi connectivity index (χ3v) is 5.00. The van der Waals surface area contributed by atoms with Crippen LogP contribution in [0.4, 0.5) is 0 Å². The molecule has 140 valence electrons. The molecule has 2 aromatic rings. The van der Waals surface area contributed by atoms with E-state index in [4.69, 9.17) is 14.1 Å². The molecule has 1 aliphatic heterocycles. The van der Waals surface area contributed by atoms with E-state index < -0.39 is 0 Å². The predicted molar refractivity (Wildman–Crippen MR) is 101 cm³/mol. The summed E-state index contributed by atoms with van der Waals surface area (Å²) in [5, 5.41) is 0. The highest BCUT2D eigenvalue weighted by Crippen LogP contribution is 2.26. The van der Waals surface area contributed by atoms with Gasteiger partial charge in [0.2, 0.25) is 5.89 Å². The van der Waals surface area contributed by atoms with Gasteiger partial charge in [-0.15, -0.1) is 0 Å². The number of aryl methyl sites for hydroxylation is 2. The minimum absolute atomic E-state index is 0.110. The van der Waals surface area contributed by atoms with Crippen LogP contribution >= 0.6 is 0 Å². The Morgan fingerprint density at radius 3 is 2.77 bits per heavy atom. The molecule has 0 radical (unpaired) electrons. The van der Waals surface area contributed by atoms with E-state index in [0.717, 1.165) is 42.8 Å². The highest BCUT2D eigenvalue weighted by Gasteiger charge is 2.27. The van der Waals surface area contributed by atoms with Crippen molar-refractivity contribution in [1.82, 2.24) is 9.88 Å². The fourth-order valence-electron chi connectivity index (χ4n) is 3.50. The Labute approximate surface area is 155 Å². The van der Waals surface area contributed by atoms with Crippen LogP contribution in [0.5, 0.6) is 0 Å². The first-order valence-corrected chi connectivity index (χ1v) is 9.50. The van der Waals surface area contributed by atoms with E-state index in [0.29, 0.717) is 25.5 Å². The van der Waals surface area contributed by atoms with Gasteiger partial charge in [-0.3, -0.25) is 9.69 Å². The number of piperidine rings is 1. The van der Waals surface area contributed by atoms with E-state index in [1.54, 1.807) is 0 Å². The van der Waals surface area contributed by atoms with Crippen LogP contribution < -0.4 is 0 Å². The molecule has 0 unspecified atom stereocenters. The first-order chi connectivity index (χ1) is 12.6. The lowest BCUT2D eigenvalue weighted by Crippen LogP contribution is -2.40. The van der Waals surface area contributed by atoms with Crippen LogP contribution in [0.1, 0.15) is 49.6 Å². The smallest absolute Gasteiger partial charge is 0.307 e. The number of hydrogen-bond acceptors (Lipinski definition) is 5. The number of oxazole rings is 1. The topological polar surface area (TPSA) is 55.6 Å². The van der Waals surface area contributed by atoms with Crippen molar-refractivity contribution in [3.63, 3.8) is 0 Å². The molecule has 0 saturated carbocycles. The Morgan fingerprint density at radius 2 is 2.04 bits per heavy atom. The van der Waals surface area contributed by atoms with Crippen LogP contribution in [0.3, 0.4) is 0 Å². The molecule has 0 aliphatic carbocycles. The maximum Gasteiger partial charge on any atom is 0.307 e. The highest BCUT2D eigenvalue weighted by atomic mass is 16.5. The fraction of sp³-hybridized carbons (Fsp3) is 0.524. The van der Waals surface area contributed by atoms with Crippen molar-refractivity contribution in [2.75, 3.05) is 13.2 Å². The summed E-state index contributed by atoms with van der Waals surface area (Å²) < 4.78 is 11.0. The standard InChI is InChI=1S/C21H28N2O3/c1-4-25-20(24)13-18-7-5-6-12-23(18)14-19-16(3)26-21(22-19)17-10-8-15(2)9-11-17/h8-11,18H,4-7,12-14H2,1-3H3/t18-/m0/s1. The molecule has 5 nitrogen and oxygen atoms in total. The summed E-state index contributed by atoms with van der Waals surface area (Å²) >= 11 is 0. The Morgan fingerprint density at radius 1 is 1.27 bits per heavy atom. The maximum atomic E-state index is 11.9. The molecule has 1 aromatic heterocycles. The van der Waals surface area contributed by atoms with Gasteiger partial charge in [-0.1, -0.05) is 24.1 Å². The van der Waals surface area contributed by atoms with E-state index in [2.05, 4.69) is 24.0 Å². The van der Waals surface area contributed by atoms with Gasteiger partial charge in [0.25, 0.3) is 0 Å².